The van der Waals surface area contributed by atoms with Gasteiger partial charge in [-0.05, 0) is 17.0 Å². The van der Waals surface area contributed by atoms with Crippen molar-refractivity contribution in [2.45, 2.75) is 37.4 Å². The first-order chi connectivity index (χ1) is 7.34. The first-order valence-corrected chi connectivity index (χ1v) is 5.89. The number of nitriles is 1. The van der Waals surface area contributed by atoms with Crippen LogP contribution in [0.25, 0.3) is 0 Å². The maximum atomic E-state index is 12.9. The Balaban J connectivity index is 4.95. The van der Waals surface area contributed by atoms with E-state index in [0.29, 0.717) is 0 Å². The van der Waals surface area contributed by atoms with E-state index in [2.05, 4.69) is 11.6 Å². The van der Waals surface area contributed by atoms with E-state index in [-0.39, 0.29) is 0 Å². The lowest BCUT2D eigenvalue weighted by atomic mass is 9.88. The highest BCUT2D eigenvalue weighted by Crippen LogP contribution is 2.40. The minimum absolute atomic E-state index is 0.845. The van der Waals surface area contributed by atoms with Gasteiger partial charge in [-0.2, -0.15) is 22.8 Å². The Hall–Kier alpha value is -0.390. The van der Waals surface area contributed by atoms with Gasteiger partial charge in [0.2, 0.25) is 0 Å². The molecule has 0 saturated carbocycles. The highest BCUT2D eigenvalue weighted by Gasteiger charge is 2.61. The van der Waals surface area contributed by atoms with Gasteiger partial charge in [0.25, 0.3) is 0 Å². The summed E-state index contributed by atoms with van der Waals surface area (Å²) in [4.78, 5) is 0. The Bertz CT molecular complexity index is 345. The molecule has 0 aliphatic carbocycles. The normalized spacial score (nSPS) is 17.4. The monoisotopic (exact) mass is 294 g/mol. The van der Waals surface area contributed by atoms with Crippen LogP contribution in [0, 0.1) is 16.7 Å². The quantitative estimate of drug-likeness (QED) is 0.640. The van der Waals surface area contributed by atoms with Gasteiger partial charge in [0.15, 0.2) is 11.0 Å². The van der Waals surface area contributed by atoms with Gasteiger partial charge in [-0.3, -0.25) is 0 Å². The lowest BCUT2D eigenvalue weighted by Gasteiger charge is -2.27. The molecule has 0 fully saturated rings. The standard InChI is InChI=1S/C8H11ClF4N2OS/c1-6(2,3)5(4-14)15-17(16)8(12,13)7(9,10)11/h5,15H,1-3H3/t5-,17?/m0/s1. The second-order valence-corrected chi connectivity index (χ2v) is 6.09. The van der Waals surface area contributed by atoms with Gasteiger partial charge in [-0.15, -0.1) is 0 Å². The topological polar surface area (TPSA) is 52.9 Å². The van der Waals surface area contributed by atoms with Crippen molar-refractivity contribution in [2.75, 3.05) is 0 Å². The molecule has 0 aliphatic heterocycles. The largest absolute Gasteiger partial charge is 0.410 e. The maximum absolute atomic E-state index is 12.9. The van der Waals surface area contributed by atoms with Crippen LogP contribution in [0.2, 0.25) is 0 Å². The second-order valence-electron chi connectivity index (χ2n) is 4.33. The molecule has 1 N–H and O–H groups in total. The Labute approximate surface area is 104 Å². The lowest BCUT2D eigenvalue weighted by molar-refractivity contribution is -0.0940. The average Bonchev–Trinajstić information content (AvgIpc) is 2.09. The molecule has 0 spiro atoms. The molecule has 0 amide bonds. The van der Waals surface area contributed by atoms with Crippen LogP contribution >= 0.6 is 11.6 Å². The predicted molar refractivity (Wildman–Crippen MR) is 55.9 cm³/mol. The molecular formula is C8H11ClF4N2OS. The van der Waals surface area contributed by atoms with E-state index in [0.717, 1.165) is 0 Å². The van der Waals surface area contributed by atoms with Crippen LogP contribution in [-0.2, 0) is 11.0 Å². The predicted octanol–water partition coefficient (Wildman–Crippen LogP) is 2.60. The summed E-state index contributed by atoms with van der Waals surface area (Å²) in [6.07, 6.45) is 0. The number of halogens is 5. The molecule has 0 aromatic heterocycles. The fraction of sp³-hybridized carbons (Fsp3) is 0.875. The van der Waals surface area contributed by atoms with Crippen molar-refractivity contribution in [2.24, 2.45) is 5.41 Å². The van der Waals surface area contributed by atoms with Crippen LogP contribution in [0.5, 0.6) is 0 Å². The lowest BCUT2D eigenvalue weighted by Crippen LogP contribution is -2.50. The minimum Gasteiger partial charge on any atom is -0.236 e. The van der Waals surface area contributed by atoms with Crippen molar-refractivity contribution in [1.82, 2.24) is 4.72 Å². The fourth-order valence-corrected chi connectivity index (χ4v) is 1.87. The van der Waals surface area contributed by atoms with Crippen LogP contribution in [0.1, 0.15) is 20.8 Å². The minimum atomic E-state index is -4.96. The zero-order valence-corrected chi connectivity index (χ0v) is 10.8. The van der Waals surface area contributed by atoms with Crippen molar-refractivity contribution < 1.29 is 21.8 Å². The SMILES string of the molecule is CC(C)(C)[C@H](C#N)NS(=O)C(F)(F)C(F)(F)Cl. The molecule has 0 heterocycles. The molecule has 17 heavy (non-hydrogen) atoms. The molecule has 9 heteroatoms. The molecule has 1 unspecified atom stereocenters. The average molecular weight is 295 g/mol. The third-order valence-electron chi connectivity index (χ3n) is 1.78. The van der Waals surface area contributed by atoms with Gasteiger partial charge in [-0.1, -0.05) is 20.8 Å². The zero-order valence-electron chi connectivity index (χ0n) is 9.23. The second kappa shape index (κ2) is 5.08. The molecular weight excluding hydrogens is 284 g/mol. The zero-order chi connectivity index (χ0) is 14.1. The number of hydrogen-bond donors (Lipinski definition) is 1. The van der Waals surface area contributed by atoms with Gasteiger partial charge in [-0.25, -0.2) is 8.93 Å². The van der Waals surface area contributed by atoms with Crippen molar-refractivity contribution in [3.63, 3.8) is 0 Å². The molecule has 3 nitrogen and oxygen atoms in total. The molecule has 0 rings (SSSR count). The highest BCUT2D eigenvalue weighted by molar-refractivity contribution is 7.84. The fourth-order valence-electron chi connectivity index (χ4n) is 0.683. The molecule has 0 aromatic rings. The Morgan fingerprint density at radius 1 is 1.29 bits per heavy atom. The first-order valence-electron chi connectivity index (χ1n) is 4.36. The third-order valence-corrected chi connectivity index (χ3v) is 3.30. The smallest absolute Gasteiger partial charge is 0.236 e. The number of nitrogens with zero attached hydrogens (tertiary/aromatic N) is 1. The van der Waals surface area contributed by atoms with E-state index >= 15 is 0 Å². The van der Waals surface area contributed by atoms with Crippen LogP contribution < -0.4 is 4.72 Å². The van der Waals surface area contributed by atoms with Crippen molar-refractivity contribution in [1.29, 1.82) is 5.26 Å². The third kappa shape index (κ3) is 4.08. The van der Waals surface area contributed by atoms with E-state index < -0.39 is 33.1 Å². The summed E-state index contributed by atoms with van der Waals surface area (Å²) in [6.45, 7) is 4.51. The van der Waals surface area contributed by atoms with Gasteiger partial charge in [0.05, 0.1) is 6.07 Å². The van der Waals surface area contributed by atoms with Gasteiger partial charge >= 0.3 is 10.6 Å². The summed E-state index contributed by atoms with van der Waals surface area (Å²) < 4.78 is 63.0. The van der Waals surface area contributed by atoms with Crippen LogP contribution in [-0.4, -0.2) is 20.9 Å². The number of hydrogen-bond acceptors (Lipinski definition) is 2. The van der Waals surface area contributed by atoms with Crippen molar-refractivity contribution in [3.05, 3.63) is 0 Å². The number of rotatable bonds is 4. The molecule has 2 atom stereocenters. The summed E-state index contributed by atoms with van der Waals surface area (Å²) in [5, 5.41) is -1.25. The molecule has 0 saturated heterocycles. The van der Waals surface area contributed by atoms with E-state index in [4.69, 9.17) is 5.26 Å². The summed E-state index contributed by atoms with van der Waals surface area (Å²) >= 11 is 4.16. The molecule has 0 aromatic carbocycles. The number of alkyl halides is 5. The van der Waals surface area contributed by atoms with Crippen molar-refractivity contribution >= 4 is 22.6 Å². The van der Waals surface area contributed by atoms with Crippen LogP contribution in [0.3, 0.4) is 0 Å². The summed E-state index contributed by atoms with van der Waals surface area (Å²) in [5.74, 6) is 0. The summed E-state index contributed by atoms with van der Waals surface area (Å²) in [6, 6.07) is 0.287. The molecule has 100 valence electrons. The molecule has 0 bridgehead atoms. The van der Waals surface area contributed by atoms with Crippen LogP contribution in [0.4, 0.5) is 17.6 Å². The Kier molecular flexibility index (Phi) is 4.96. The van der Waals surface area contributed by atoms with Crippen LogP contribution in [0.15, 0.2) is 0 Å². The molecule has 0 radical (unpaired) electrons. The van der Waals surface area contributed by atoms with Gasteiger partial charge in [0, 0.05) is 0 Å². The van der Waals surface area contributed by atoms with Gasteiger partial charge < -0.3 is 0 Å². The summed E-state index contributed by atoms with van der Waals surface area (Å²) in [5.41, 5.74) is -0.845. The highest BCUT2D eigenvalue weighted by atomic mass is 35.5. The Morgan fingerprint density at radius 2 is 1.71 bits per heavy atom. The van der Waals surface area contributed by atoms with Crippen molar-refractivity contribution in [3.8, 4) is 6.07 Å². The van der Waals surface area contributed by atoms with E-state index in [1.165, 1.54) is 20.8 Å². The maximum Gasteiger partial charge on any atom is 0.410 e. The van der Waals surface area contributed by atoms with E-state index in [1.54, 1.807) is 10.8 Å². The first kappa shape index (κ1) is 16.6. The van der Waals surface area contributed by atoms with E-state index in [1.807, 2.05) is 0 Å². The summed E-state index contributed by atoms with van der Waals surface area (Å²) in [7, 11) is -3.46. The molecule has 0 aliphatic rings. The number of nitrogens with one attached hydrogen (secondary N) is 1. The Morgan fingerprint density at radius 3 is 1.94 bits per heavy atom. The van der Waals surface area contributed by atoms with Gasteiger partial charge in [0.1, 0.15) is 6.04 Å². The van der Waals surface area contributed by atoms with E-state index in [9.17, 15) is 21.8 Å².